The van der Waals surface area contributed by atoms with Gasteiger partial charge < -0.3 is 9.47 Å². The average Bonchev–Trinajstić information content (AvgIpc) is 2.97. The normalized spacial score (nSPS) is 21.3. The van der Waals surface area contributed by atoms with Gasteiger partial charge in [-0.25, -0.2) is 4.79 Å². The van der Waals surface area contributed by atoms with E-state index in [0.717, 1.165) is 4.90 Å². The zero-order valence-electron chi connectivity index (χ0n) is 14.0. The zero-order valence-corrected chi connectivity index (χ0v) is 14.8. The molecular formula is C18H23NO4S. The Morgan fingerprint density at radius 1 is 1.46 bits per heavy atom. The molecule has 1 amide bonds. The fraction of sp³-hybridized carbons (Fsp3) is 0.444. The van der Waals surface area contributed by atoms with Gasteiger partial charge in [-0.1, -0.05) is 24.3 Å². The lowest BCUT2D eigenvalue weighted by molar-refractivity contribution is -0.123. The number of ether oxygens (including phenoxy) is 2. The van der Waals surface area contributed by atoms with Crippen molar-refractivity contribution in [1.29, 1.82) is 0 Å². The molecule has 0 aliphatic carbocycles. The minimum Gasteiger partial charge on any atom is -0.450 e. The Morgan fingerprint density at radius 3 is 2.79 bits per heavy atom. The summed E-state index contributed by atoms with van der Waals surface area (Å²) in [6, 6.07) is 9.10. The molecule has 1 aromatic carbocycles. The summed E-state index contributed by atoms with van der Waals surface area (Å²) in [4.78, 5) is 27.5. The highest BCUT2D eigenvalue weighted by Gasteiger charge is 2.43. The molecule has 0 aromatic heterocycles. The summed E-state index contributed by atoms with van der Waals surface area (Å²) >= 11 is 1.48. The number of carbonyl (C=O) groups is 2. The van der Waals surface area contributed by atoms with Crippen LogP contribution in [0.15, 0.2) is 47.9 Å². The first kappa shape index (κ1) is 18.5. The third kappa shape index (κ3) is 4.39. The minimum atomic E-state index is -0.634. The molecule has 0 spiro atoms. The molecule has 1 aliphatic heterocycles. The number of nitrogens with zero attached hydrogens (tertiary/aromatic N) is 1. The number of hydrogen-bond donors (Lipinski definition) is 0. The Hall–Kier alpha value is -1.79. The summed E-state index contributed by atoms with van der Waals surface area (Å²) in [6.07, 6.45) is 1.39. The second-order valence-electron chi connectivity index (χ2n) is 5.46. The molecule has 0 N–H and O–H groups in total. The molecule has 1 fully saturated rings. The van der Waals surface area contributed by atoms with Crippen LogP contribution in [0.4, 0.5) is 4.79 Å². The molecule has 5 nitrogen and oxygen atoms in total. The molecule has 1 heterocycles. The number of carbonyl (C=O) groups excluding carboxylic acids is 2. The summed E-state index contributed by atoms with van der Waals surface area (Å²) in [7, 11) is 0. The molecular weight excluding hydrogens is 326 g/mol. The Labute approximate surface area is 147 Å². The molecule has 24 heavy (non-hydrogen) atoms. The van der Waals surface area contributed by atoms with E-state index in [1.807, 2.05) is 30.3 Å². The number of rotatable bonds is 7. The third-order valence-electron chi connectivity index (χ3n) is 3.77. The van der Waals surface area contributed by atoms with Crippen molar-refractivity contribution in [1.82, 2.24) is 4.90 Å². The summed E-state index contributed by atoms with van der Waals surface area (Å²) in [5, 5.41) is -0.323. The third-order valence-corrected chi connectivity index (χ3v) is 5.02. The quantitative estimate of drug-likeness (QED) is 0.557. The van der Waals surface area contributed by atoms with E-state index < -0.39 is 12.1 Å². The maximum atomic E-state index is 13.1. The van der Waals surface area contributed by atoms with E-state index >= 15 is 0 Å². The highest BCUT2D eigenvalue weighted by atomic mass is 32.2. The van der Waals surface area contributed by atoms with Crippen LogP contribution in [0.2, 0.25) is 0 Å². The number of amides is 1. The van der Waals surface area contributed by atoms with Crippen molar-refractivity contribution in [3.8, 4) is 0 Å². The second-order valence-corrected chi connectivity index (χ2v) is 6.74. The smallest absolute Gasteiger partial charge is 0.412 e. The monoisotopic (exact) mass is 349 g/mol. The van der Waals surface area contributed by atoms with Crippen molar-refractivity contribution < 1.29 is 19.1 Å². The SMILES string of the molecule is C=CCC(Sc1ccccc1)C(=O)[C@@H]1[C@@H](C)OCN1C(=O)OCC. The highest BCUT2D eigenvalue weighted by molar-refractivity contribution is 8.00. The van der Waals surface area contributed by atoms with Crippen LogP contribution in [0, 0.1) is 0 Å². The van der Waals surface area contributed by atoms with Gasteiger partial charge in [0.2, 0.25) is 0 Å². The predicted octanol–water partition coefficient (Wildman–Crippen LogP) is 3.50. The van der Waals surface area contributed by atoms with Gasteiger partial charge in [-0.2, -0.15) is 0 Å². The van der Waals surface area contributed by atoms with Gasteiger partial charge in [0.15, 0.2) is 5.78 Å². The first-order valence-electron chi connectivity index (χ1n) is 7.99. The Morgan fingerprint density at radius 2 is 2.17 bits per heavy atom. The fourth-order valence-corrected chi connectivity index (χ4v) is 3.74. The van der Waals surface area contributed by atoms with E-state index in [-0.39, 0.29) is 30.5 Å². The summed E-state index contributed by atoms with van der Waals surface area (Å²) in [5.74, 6) is -0.0400. The van der Waals surface area contributed by atoms with Gasteiger partial charge in [0, 0.05) is 4.90 Å². The summed E-state index contributed by atoms with van der Waals surface area (Å²) < 4.78 is 10.6. The number of benzene rings is 1. The van der Waals surface area contributed by atoms with E-state index in [1.165, 1.54) is 16.7 Å². The van der Waals surface area contributed by atoms with Crippen LogP contribution in [-0.2, 0) is 14.3 Å². The van der Waals surface area contributed by atoms with Crippen molar-refractivity contribution >= 4 is 23.6 Å². The van der Waals surface area contributed by atoms with Crippen LogP contribution in [0.3, 0.4) is 0 Å². The van der Waals surface area contributed by atoms with Crippen molar-refractivity contribution in [2.75, 3.05) is 13.3 Å². The van der Waals surface area contributed by atoms with Gasteiger partial charge in [0.05, 0.1) is 18.0 Å². The van der Waals surface area contributed by atoms with Crippen LogP contribution in [0.5, 0.6) is 0 Å². The van der Waals surface area contributed by atoms with Crippen LogP contribution >= 0.6 is 11.8 Å². The van der Waals surface area contributed by atoms with Crippen molar-refractivity contribution in [2.24, 2.45) is 0 Å². The van der Waals surface area contributed by atoms with Crippen LogP contribution in [-0.4, -0.2) is 47.5 Å². The molecule has 0 saturated carbocycles. The highest BCUT2D eigenvalue weighted by Crippen LogP contribution is 2.30. The van der Waals surface area contributed by atoms with Gasteiger partial charge in [-0.3, -0.25) is 9.69 Å². The van der Waals surface area contributed by atoms with Crippen molar-refractivity contribution in [3.63, 3.8) is 0 Å². The molecule has 1 aliphatic rings. The van der Waals surface area contributed by atoms with E-state index in [9.17, 15) is 9.59 Å². The summed E-state index contributed by atoms with van der Waals surface area (Å²) in [5.41, 5.74) is 0. The van der Waals surface area contributed by atoms with Gasteiger partial charge in [-0.05, 0) is 32.4 Å². The standard InChI is InChI=1S/C18H23NO4S/c1-4-9-15(24-14-10-7-6-8-11-14)17(20)16-13(3)23-12-19(16)18(21)22-5-2/h4,6-8,10-11,13,15-16H,1,5,9,12H2,2-3H3/t13-,15?,16+/m1/s1. The van der Waals surface area contributed by atoms with E-state index in [4.69, 9.17) is 9.47 Å². The molecule has 2 rings (SSSR count). The lowest BCUT2D eigenvalue weighted by Gasteiger charge is -2.26. The Bertz CT molecular complexity index is 578. The number of Topliss-reactive ketones (excluding diaryl/α,β-unsaturated/α-hetero) is 1. The Kier molecular flexibility index (Phi) is 6.87. The van der Waals surface area contributed by atoms with Gasteiger partial charge in [0.25, 0.3) is 0 Å². The number of hydrogen-bond acceptors (Lipinski definition) is 5. The summed E-state index contributed by atoms with van der Waals surface area (Å²) in [6.45, 7) is 7.63. The van der Waals surface area contributed by atoms with Crippen LogP contribution in [0.25, 0.3) is 0 Å². The average molecular weight is 349 g/mol. The van der Waals surface area contributed by atoms with Crippen molar-refractivity contribution in [3.05, 3.63) is 43.0 Å². The number of ketones is 1. The molecule has 1 unspecified atom stereocenters. The van der Waals surface area contributed by atoms with Crippen LogP contribution in [0.1, 0.15) is 20.3 Å². The topological polar surface area (TPSA) is 55.8 Å². The fourth-order valence-electron chi connectivity index (χ4n) is 2.61. The molecule has 1 aromatic rings. The second kappa shape index (κ2) is 8.89. The molecule has 0 radical (unpaired) electrons. The first-order valence-corrected chi connectivity index (χ1v) is 8.87. The predicted molar refractivity (Wildman–Crippen MR) is 94.0 cm³/mol. The van der Waals surface area contributed by atoms with E-state index in [0.29, 0.717) is 6.42 Å². The first-order chi connectivity index (χ1) is 11.6. The lowest BCUT2D eigenvalue weighted by atomic mass is 10.0. The minimum absolute atomic E-state index is 0.0400. The van der Waals surface area contributed by atoms with E-state index in [2.05, 4.69) is 6.58 Å². The maximum Gasteiger partial charge on any atom is 0.412 e. The molecule has 6 heteroatoms. The molecule has 1 saturated heterocycles. The van der Waals surface area contributed by atoms with Crippen molar-refractivity contribution in [2.45, 2.75) is 42.6 Å². The number of thioether (sulfide) groups is 1. The van der Waals surface area contributed by atoms with Gasteiger partial charge in [-0.15, -0.1) is 18.3 Å². The number of allylic oxidation sites excluding steroid dienone is 1. The largest absolute Gasteiger partial charge is 0.450 e. The Balaban J connectivity index is 2.17. The molecule has 0 bridgehead atoms. The maximum absolute atomic E-state index is 13.1. The van der Waals surface area contributed by atoms with Crippen LogP contribution < -0.4 is 0 Å². The van der Waals surface area contributed by atoms with Gasteiger partial charge in [0.1, 0.15) is 12.8 Å². The zero-order chi connectivity index (χ0) is 17.5. The molecule has 130 valence electrons. The molecule has 3 atom stereocenters. The lowest BCUT2D eigenvalue weighted by Crippen LogP contribution is -2.47. The van der Waals surface area contributed by atoms with E-state index in [1.54, 1.807) is 19.9 Å². The van der Waals surface area contributed by atoms with Gasteiger partial charge >= 0.3 is 6.09 Å².